The third kappa shape index (κ3) is 3.88. The molecule has 25 heavy (non-hydrogen) atoms. The quantitative estimate of drug-likeness (QED) is 0.874. The maximum Gasteiger partial charge on any atom is 0.132 e. The van der Waals surface area contributed by atoms with Crippen molar-refractivity contribution in [3.05, 3.63) is 47.8 Å². The molecular formula is C20H29N3O2. The van der Waals surface area contributed by atoms with Gasteiger partial charge in [0.2, 0.25) is 0 Å². The summed E-state index contributed by atoms with van der Waals surface area (Å²) in [5.41, 5.74) is 1.000. The Kier molecular flexibility index (Phi) is 5.16. The van der Waals surface area contributed by atoms with Gasteiger partial charge in [-0.25, -0.2) is 0 Å². The molecule has 1 aliphatic heterocycles. The molecule has 0 saturated carbocycles. The Bertz CT molecular complexity index is 691. The third-order valence-electron chi connectivity index (χ3n) is 5.19. The third-order valence-corrected chi connectivity index (χ3v) is 5.19. The first-order chi connectivity index (χ1) is 11.9. The van der Waals surface area contributed by atoms with Gasteiger partial charge in [-0.1, -0.05) is 12.1 Å². The van der Waals surface area contributed by atoms with Gasteiger partial charge >= 0.3 is 0 Å². The summed E-state index contributed by atoms with van der Waals surface area (Å²) in [6, 6.07) is 10.3. The lowest BCUT2D eigenvalue weighted by molar-refractivity contribution is -0.0153. The number of ether oxygens (including phenoxy) is 1. The number of aromatic nitrogens is 2. The second-order valence-electron chi connectivity index (χ2n) is 7.48. The van der Waals surface area contributed by atoms with E-state index < -0.39 is 5.60 Å². The summed E-state index contributed by atoms with van der Waals surface area (Å²) in [4.78, 5) is 2.25. The molecule has 0 aliphatic carbocycles. The van der Waals surface area contributed by atoms with Crippen LogP contribution < -0.4 is 4.74 Å². The number of likely N-dealkylation sites (tertiary alicyclic amines) is 1. The van der Waals surface area contributed by atoms with Crippen molar-refractivity contribution in [3.8, 4) is 5.75 Å². The predicted octanol–water partition coefficient (Wildman–Crippen LogP) is 3.34. The minimum Gasteiger partial charge on any atom is -0.487 e. The average molecular weight is 343 g/mol. The Labute approximate surface area is 150 Å². The highest BCUT2D eigenvalue weighted by atomic mass is 16.5. The van der Waals surface area contributed by atoms with Crippen LogP contribution in [0.3, 0.4) is 0 Å². The summed E-state index contributed by atoms with van der Waals surface area (Å²) < 4.78 is 7.76. The highest BCUT2D eigenvalue weighted by molar-refractivity contribution is 5.32. The number of aliphatic hydroxyl groups is 1. The molecule has 1 aliphatic rings. The van der Waals surface area contributed by atoms with Crippen LogP contribution in [0, 0.1) is 0 Å². The molecule has 1 saturated heterocycles. The van der Waals surface area contributed by atoms with Crippen molar-refractivity contribution in [2.45, 2.75) is 57.9 Å². The molecule has 1 aromatic heterocycles. The highest BCUT2D eigenvalue weighted by Gasteiger charge is 2.38. The number of hydrogen-bond donors (Lipinski definition) is 1. The van der Waals surface area contributed by atoms with Crippen LogP contribution in [0.15, 0.2) is 36.5 Å². The van der Waals surface area contributed by atoms with Crippen LogP contribution in [0.1, 0.15) is 50.9 Å². The van der Waals surface area contributed by atoms with E-state index in [4.69, 9.17) is 4.74 Å². The monoisotopic (exact) mass is 343 g/mol. The zero-order chi connectivity index (χ0) is 18.0. The van der Waals surface area contributed by atoms with Crippen molar-refractivity contribution in [2.75, 3.05) is 13.6 Å². The predicted molar refractivity (Wildman–Crippen MR) is 98.6 cm³/mol. The molecule has 2 heterocycles. The van der Waals surface area contributed by atoms with Gasteiger partial charge in [0.1, 0.15) is 18.0 Å². The molecule has 1 aromatic carbocycles. The van der Waals surface area contributed by atoms with E-state index in [2.05, 4.69) is 30.9 Å². The van der Waals surface area contributed by atoms with E-state index in [-0.39, 0.29) is 6.04 Å². The van der Waals surface area contributed by atoms with Crippen LogP contribution in [-0.4, -0.2) is 39.4 Å². The van der Waals surface area contributed by atoms with Crippen molar-refractivity contribution in [2.24, 2.45) is 0 Å². The lowest BCUT2D eigenvalue weighted by Crippen LogP contribution is -2.43. The summed E-state index contributed by atoms with van der Waals surface area (Å²) in [7, 11) is 2.08. The van der Waals surface area contributed by atoms with Crippen LogP contribution in [-0.2, 0) is 12.2 Å². The second kappa shape index (κ2) is 7.18. The molecule has 0 radical (unpaired) electrons. The van der Waals surface area contributed by atoms with Crippen molar-refractivity contribution in [1.82, 2.24) is 14.7 Å². The Morgan fingerprint density at radius 1 is 1.28 bits per heavy atom. The van der Waals surface area contributed by atoms with Crippen molar-refractivity contribution in [3.63, 3.8) is 0 Å². The molecule has 136 valence electrons. The van der Waals surface area contributed by atoms with E-state index >= 15 is 0 Å². The smallest absolute Gasteiger partial charge is 0.132 e. The Balaban J connectivity index is 1.63. The molecular weight excluding hydrogens is 314 g/mol. The maximum absolute atomic E-state index is 11.0. The van der Waals surface area contributed by atoms with Crippen LogP contribution >= 0.6 is 0 Å². The van der Waals surface area contributed by atoms with E-state index in [9.17, 15) is 5.11 Å². The fourth-order valence-electron chi connectivity index (χ4n) is 3.60. The number of benzene rings is 1. The van der Waals surface area contributed by atoms with Crippen LogP contribution in [0.2, 0.25) is 0 Å². The second-order valence-corrected chi connectivity index (χ2v) is 7.48. The topological polar surface area (TPSA) is 50.5 Å². The summed E-state index contributed by atoms with van der Waals surface area (Å²) in [6.45, 7) is 7.60. The first-order valence-electron chi connectivity index (χ1n) is 9.08. The molecule has 1 fully saturated rings. The van der Waals surface area contributed by atoms with Crippen LogP contribution in [0.4, 0.5) is 0 Å². The molecule has 3 rings (SSSR count). The van der Waals surface area contributed by atoms with E-state index in [0.29, 0.717) is 12.6 Å². The largest absolute Gasteiger partial charge is 0.487 e. The standard InChI is InChI=1S/C20H29N3O2/c1-15(2)23-13-11-17(21-23)14-25-18-9-7-16(8-10-18)20(3,24)19-6-5-12-22(19)4/h7-11,13,15,19,24H,5-6,12,14H2,1-4H3/t19-,20?/m1/s1. The first kappa shape index (κ1) is 18.0. The minimum atomic E-state index is -0.847. The molecule has 2 aromatic rings. The van der Waals surface area contributed by atoms with Gasteiger partial charge < -0.3 is 14.7 Å². The molecule has 1 N–H and O–H groups in total. The molecule has 0 amide bonds. The van der Waals surface area contributed by atoms with Crippen molar-refractivity contribution < 1.29 is 9.84 Å². The fraction of sp³-hybridized carbons (Fsp3) is 0.550. The van der Waals surface area contributed by atoms with Gasteiger partial charge in [0.15, 0.2) is 0 Å². The van der Waals surface area contributed by atoms with Gasteiger partial charge in [0, 0.05) is 18.3 Å². The molecule has 0 bridgehead atoms. The summed E-state index contributed by atoms with van der Waals surface area (Å²) in [5.74, 6) is 0.790. The van der Waals surface area contributed by atoms with E-state index in [0.717, 1.165) is 36.4 Å². The van der Waals surface area contributed by atoms with Gasteiger partial charge in [-0.2, -0.15) is 5.10 Å². The number of likely N-dealkylation sites (N-methyl/N-ethyl adjacent to an activating group) is 1. The fourth-order valence-corrected chi connectivity index (χ4v) is 3.60. The van der Waals surface area contributed by atoms with Crippen molar-refractivity contribution in [1.29, 1.82) is 0 Å². The zero-order valence-corrected chi connectivity index (χ0v) is 15.6. The number of nitrogens with zero attached hydrogens (tertiary/aromatic N) is 3. The van der Waals surface area contributed by atoms with E-state index in [1.165, 1.54) is 0 Å². The molecule has 1 unspecified atom stereocenters. The normalized spacial score (nSPS) is 20.8. The first-order valence-corrected chi connectivity index (χ1v) is 9.08. The summed E-state index contributed by atoms with van der Waals surface area (Å²) in [5, 5.41) is 15.5. The zero-order valence-electron chi connectivity index (χ0n) is 15.6. The van der Waals surface area contributed by atoms with E-state index in [1.807, 2.05) is 48.1 Å². The Morgan fingerprint density at radius 3 is 2.56 bits per heavy atom. The highest BCUT2D eigenvalue weighted by Crippen LogP contribution is 2.34. The molecule has 0 spiro atoms. The van der Waals surface area contributed by atoms with Gasteiger partial charge in [0.25, 0.3) is 0 Å². The van der Waals surface area contributed by atoms with Crippen LogP contribution in [0.5, 0.6) is 5.75 Å². The molecule has 5 heteroatoms. The lowest BCUT2D eigenvalue weighted by Gasteiger charge is -2.35. The van der Waals surface area contributed by atoms with Gasteiger partial charge in [0.05, 0.1) is 5.69 Å². The van der Waals surface area contributed by atoms with Crippen LogP contribution in [0.25, 0.3) is 0 Å². The molecule has 2 atom stereocenters. The summed E-state index contributed by atoms with van der Waals surface area (Å²) >= 11 is 0. The molecule has 5 nitrogen and oxygen atoms in total. The number of rotatable bonds is 6. The Morgan fingerprint density at radius 2 is 2.00 bits per heavy atom. The lowest BCUT2D eigenvalue weighted by atomic mass is 9.87. The van der Waals surface area contributed by atoms with Gasteiger partial charge in [-0.05, 0) is 71.0 Å². The SMILES string of the molecule is CC(C)n1ccc(COc2ccc(C(C)(O)[C@H]3CCCN3C)cc2)n1. The van der Waals surface area contributed by atoms with Gasteiger partial charge in [-0.15, -0.1) is 0 Å². The average Bonchev–Trinajstić information content (AvgIpc) is 3.22. The maximum atomic E-state index is 11.0. The minimum absolute atomic E-state index is 0.166. The summed E-state index contributed by atoms with van der Waals surface area (Å²) in [6.07, 6.45) is 4.14. The van der Waals surface area contributed by atoms with Crippen molar-refractivity contribution >= 4 is 0 Å². The number of hydrogen-bond acceptors (Lipinski definition) is 4. The van der Waals surface area contributed by atoms with E-state index in [1.54, 1.807) is 0 Å². The van der Waals surface area contributed by atoms with Gasteiger partial charge in [-0.3, -0.25) is 4.68 Å². The Hall–Kier alpha value is -1.85.